The third-order valence-corrected chi connectivity index (χ3v) is 5.82. The van der Waals surface area contributed by atoms with E-state index in [1.807, 2.05) is 0 Å². The second-order valence-corrected chi connectivity index (χ2v) is 7.73. The van der Waals surface area contributed by atoms with Crippen molar-refractivity contribution in [2.24, 2.45) is 17.8 Å². The lowest BCUT2D eigenvalue weighted by Crippen LogP contribution is -2.30. The zero-order valence-corrected chi connectivity index (χ0v) is 16.5. The zero-order chi connectivity index (χ0) is 20.5. The van der Waals surface area contributed by atoms with Gasteiger partial charge in [0.25, 0.3) is 0 Å². The summed E-state index contributed by atoms with van der Waals surface area (Å²) in [5.74, 6) is 0.0225. The van der Waals surface area contributed by atoms with Crippen LogP contribution in [0.15, 0.2) is 48.5 Å². The number of rotatable bonds is 4. The number of para-hydroxylation sites is 1. The first-order chi connectivity index (χ1) is 14.0. The van der Waals surface area contributed by atoms with Crippen LogP contribution in [0.3, 0.4) is 0 Å². The summed E-state index contributed by atoms with van der Waals surface area (Å²) in [6.07, 6.45) is 2.51. The summed E-state index contributed by atoms with van der Waals surface area (Å²) in [5.41, 5.74) is 0.835. The van der Waals surface area contributed by atoms with Crippen LogP contribution in [0.1, 0.15) is 36.5 Å². The molecular weight excluding hydrogens is 370 g/mol. The van der Waals surface area contributed by atoms with Gasteiger partial charge in [-0.3, -0.25) is 14.5 Å². The summed E-state index contributed by atoms with van der Waals surface area (Å²) in [5, 5.41) is 0. The summed E-state index contributed by atoms with van der Waals surface area (Å²) in [7, 11) is 1.49. The number of benzene rings is 2. The van der Waals surface area contributed by atoms with Crippen LogP contribution in [-0.2, 0) is 9.59 Å². The van der Waals surface area contributed by atoms with Crippen molar-refractivity contribution < 1.29 is 23.9 Å². The molecule has 2 aromatic rings. The van der Waals surface area contributed by atoms with Crippen LogP contribution in [0.4, 0.5) is 5.69 Å². The van der Waals surface area contributed by atoms with Crippen molar-refractivity contribution in [2.45, 2.75) is 26.2 Å². The molecule has 4 rings (SSSR count). The number of anilines is 1. The first kappa shape index (κ1) is 19.2. The molecule has 1 aliphatic carbocycles. The Labute approximate surface area is 169 Å². The number of esters is 1. The van der Waals surface area contributed by atoms with Crippen molar-refractivity contribution in [2.75, 3.05) is 12.0 Å². The summed E-state index contributed by atoms with van der Waals surface area (Å²) >= 11 is 0. The Hall–Kier alpha value is -3.15. The fraction of sp³-hybridized carbons (Fsp3) is 0.348. The molecule has 0 spiro atoms. The third kappa shape index (κ3) is 3.50. The van der Waals surface area contributed by atoms with Gasteiger partial charge in [0.2, 0.25) is 11.8 Å². The zero-order valence-electron chi connectivity index (χ0n) is 16.5. The quantitative estimate of drug-likeness (QED) is 0.448. The van der Waals surface area contributed by atoms with Crippen LogP contribution < -0.4 is 14.4 Å². The number of hydrogen-bond acceptors (Lipinski definition) is 5. The molecule has 2 aliphatic rings. The van der Waals surface area contributed by atoms with Gasteiger partial charge in [0.15, 0.2) is 0 Å². The highest BCUT2D eigenvalue weighted by molar-refractivity contribution is 6.22. The van der Waals surface area contributed by atoms with E-state index in [1.54, 1.807) is 48.5 Å². The first-order valence-corrected chi connectivity index (χ1v) is 9.82. The van der Waals surface area contributed by atoms with Gasteiger partial charge in [0.1, 0.15) is 17.1 Å². The Morgan fingerprint density at radius 1 is 0.966 bits per heavy atom. The third-order valence-electron chi connectivity index (χ3n) is 5.82. The number of hydrogen-bond donors (Lipinski definition) is 0. The Bertz CT molecular complexity index is 952. The highest BCUT2D eigenvalue weighted by Crippen LogP contribution is 2.42. The smallest absolute Gasteiger partial charge is 0.347 e. The van der Waals surface area contributed by atoms with Gasteiger partial charge in [0.05, 0.1) is 24.6 Å². The molecule has 6 heteroatoms. The van der Waals surface area contributed by atoms with E-state index in [9.17, 15) is 14.4 Å². The summed E-state index contributed by atoms with van der Waals surface area (Å²) in [6, 6.07) is 13.3. The van der Waals surface area contributed by atoms with Gasteiger partial charge in [-0.2, -0.15) is 0 Å². The van der Waals surface area contributed by atoms with Gasteiger partial charge in [-0.1, -0.05) is 19.1 Å². The molecule has 2 aromatic carbocycles. The number of fused-ring (bicyclic) bond motifs is 1. The second-order valence-electron chi connectivity index (χ2n) is 7.73. The standard InChI is InChI=1S/C23H23NO5/c1-14-7-12-17-19(13-14)22(26)24(21(17)25)15-8-10-16(11-9-15)29-23(27)18-5-3-4-6-20(18)28-2/h3-6,8-11,14,17,19H,7,12-13H2,1-2H3/t14-,17-,19-/m1/s1. The Morgan fingerprint density at radius 3 is 2.38 bits per heavy atom. The molecule has 150 valence electrons. The molecule has 1 saturated carbocycles. The monoisotopic (exact) mass is 393 g/mol. The minimum absolute atomic E-state index is 0.120. The molecule has 0 N–H and O–H groups in total. The molecule has 1 saturated heterocycles. The summed E-state index contributed by atoms with van der Waals surface area (Å²) in [6.45, 7) is 2.13. The lowest BCUT2D eigenvalue weighted by Gasteiger charge is -2.25. The minimum atomic E-state index is -0.538. The van der Waals surface area contributed by atoms with Crippen molar-refractivity contribution in [3.8, 4) is 11.5 Å². The van der Waals surface area contributed by atoms with Crippen LogP contribution in [0.5, 0.6) is 11.5 Å². The van der Waals surface area contributed by atoms with Gasteiger partial charge >= 0.3 is 5.97 Å². The predicted molar refractivity (Wildman–Crippen MR) is 107 cm³/mol. The molecule has 2 fully saturated rings. The van der Waals surface area contributed by atoms with Gasteiger partial charge < -0.3 is 9.47 Å². The second kappa shape index (κ2) is 7.70. The Kier molecular flexibility index (Phi) is 5.09. The van der Waals surface area contributed by atoms with Gasteiger partial charge in [0, 0.05) is 0 Å². The van der Waals surface area contributed by atoms with E-state index in [-0.39, 0.29) is 23.7 Å². The fourth-order valence-electron chi connectivity index (χ4n) is 4.28. The van der Waals surface area contributed by atoms with Crippen LogP contribution in [0.25, 0.3) is 0 Å². The molecular formula is C23H23NO5. The average Bonchev–Trinajstić information content (AvgIpc) is 2.98. The highest BCUT2D eigenvalue weighted by Gasteiger charge is 2.49. The van der Waals surface area contributed by atoms with Gasteiger partial charge in [-0.25, -0.2) is 4.79 Å². The number of carbonyl (C=O) groups is 3. The van der Waals surface area contributed by atoms with Crippen LogP contribution in [0, 0.1) is 17.8 Å². The fourth-order valence-corrected chi connectivity index (χ4v) is 4.28. The van der Waals surface area contributed by atoms with Crippen LogP contribution in [-0.4, -0.2) is 24.9 Å². The van der Waals surface area contributed by atoms with Crippen molar-refractivity contribution in [1.29, 1.82) is 0 Å². The normalized spacial score (nSPS) is 23.7. The maximum absolute atomic E-state index is 12.8. The summed E-state index contributed by atoms with van der Waals surface area (Å²) in [4.78, 5) is 39.3. The van der Waals surface area contributed by atoms with Crippen molar-refractivity contribution >= 4 is 23.5 Å². The molecule has 0 unspecified atom stereocenters. The number of nitrogens with zero attached hydrogens (tertiary/aromatic N) is 1. The van der Waals surface area contributed by atoms with Crippen molar-refractivity contribution in [3.63, 3.8) is 0 Å². The maximum Gasteiger partial charge on any atom is 0.347 e. The molecule has 6 nitrogen and oxygen atoms in total. The molecule has 3 atom stereocenters. The summed E-state index contributed by atoms with van der Waals surface area (Å²) < 4.78 is 10.6. The van der Waals surface area contributed by atoms with E-state index in [0.717, 1.165) is 19.3 Å². The van der Waals surface area contributed by atoms with Crippen molar-refractivity contribution in [1.82, 2.24) is 0 Å². The Morgan fingerprint density at radius 2 is 1.66 bits per heavy atom. The number of carbonyl (C=O) groups excluding carboxylic acids is 3. The average molecular weight is 393 g/mol. The molecule has 2 amide bonds. The highest BCUT2D eigenvalue weighted by atomic mass is 16.5. The molecule has 0 radical (unpaired) electrons. The van der Waals surface area contributed by atoms with E-state index in [4.69, 9.17) is 9.47 Å². The SMILES string of the molecule is COc1ccccc1C(=O)Oc1ccc(N2C(=O)[C@@H]3CC[C@@H](C)C[C@H]3C2=O)cc1. The van der Waals surface area contributed by atoms with E-state index in [1.165, 1.54) is 12.0 Å². The first-order valence-electron chi connectivity index (χ1n) is 9.82. The van der Waals surface area contributed by atoms with Crippen LogP contribution >= 0.6 is 0 Å². The Balaban J connectivity index is 1.50. The lowest BCUT2D eigenvalue weighted by molar-refractivity contribution is -0.122. The number of methoxy groups -OCH3 is 1. The van der Waals surface area contributed by atoms with E-state index in [0.29, 0.717) is 28.7 Å². The number of ether oxygens (including phenoxy) is 2. The van der Waals surface area contributed by atoms with E-state index in [2.05, 4.69) is 6.92 Å². The van der Waals surface area contributed by atoms with Gasteiger partial charge in [-0.05, 0) is 61.6 Å². The molecule has 29 heavy (non-hydrogen) atoms. The lowest BCUT2D eigenvalue weighted by atomic mass is 9.76. The van der Waals surface area contributed by atoms with Crippen molar-refractivity contribution in [3.05, 3.63) is 54.1 Å². The molecule has 1 aliphatic heterocycles. The van der Waals surface area contributed by atoms with Gasteiger partial charge in [-0.15, -0.1) is 0 Å². The molecule has 0 aromatic heterocycles. The number of imide groups is 1. The topological polar surface area (TPSA) is 72.9 Å². The van der Waals surface area contributed by atoms with E-state index >= 15 is 0 Å². The molecule has 1 heterocycles. The van der Waals surface area contributed by atoms with E-state index < -0.39 is 5.97 Å². The minimum Gasteiger partial charge on any atom is -0.496 e. The predicted octanol–water partition coefficient (Wildman–Crippen LogP) is 3.84. The van der Waals surface area contributed by atoms with Crippen LogP contribution in [0.2, 0.25) is 0 Å². The molecule has 0 bridgehead atoms. The largest absolute Gasteiger partial charge is 0.496 e. The number of amides is 2. The maximum atomic E-state index is 12.8.